The van der Waals surface area contributed by atoms with E-state index in [2.05, 4.69) is 6.58 Å². The molecule has 1 amide bonds. The van der Waals surface area contributed by atoms with Gasteiger partial charge < -0.3 is 0 Å². The second kappa shape index (κ2) is 7.85. The number of allylic oxidation sites excluding steroid dienone is 2. The summed E-state index contributed by atoms with van der Waals surface area (Å²) in [7, 11) is -3.53. The molecule has 1 saturated carbocycles. The van der Waals surface area contributed by atoms with Crippen LogP contribution >= 0.6 is 0 Å². The van der Waals surface area contributed by atoms with Crippen LogP contribution < -0.4 is 0 Å². The topological polar surface area (TPSA) is 54.5 Å². The summed E-state index contributed by atoms with van der Waals surface area (Å²) in [6.07, 6.45) is 8.60. The summed E-state index contributed by atoms with van der Waals surface area (Å²) in [5, 5.41) is 0. The summed E-state index contributed by atoms with van der Waals surface area (Å²) >= 11 is 0. The molecule has 2 fully saturated rings. The van der Waals surface area contributed by atoms with Crippen molar-refractivity contribution >= 4 is 15.9 Å². The lowest BCUT2D eigenvalue weighted by Crippen LogP contribution is -2.43. The number of hydrogen-bond acceptors (Lipinski definition) is 3. The maximum atomic E-state index is 12.9. The van der Waals surface area contributed by atoms with E-state index in [4.69, 9.17) is 0 Å². The van der Waals surface area contributed by atoms with E-state index in [1.165, 1.54) is 10.7 Å². The van der Waals surface area contributed by atoms with E-state index in [0.717, 1.165) is 43.3 Å². The quantitative estimate of drug-likeness (QED) is 0.512. The molecule has 0 spiro atoms. The maximum Gasteiger partial charge on any atom is 0.241 e. The van der Waals surface area contributed by atoms with Crippen molar-refractivity contribution in [1.29, 1.82) is 0 Å². The number of hydrogen-bond donors (Lipinski definition) is 0. The van der Waals surface area contributed by atoms with Crippen molar-refractivity contribution in [1.82, 2.24) is 4.31 Å². The van der Waals surface area contributed by atoms with Crippen LogP contribution in [0, 0.1) is 11.8 Å². The summed E-state index contributed by atoms with van der Waals surface area (Å²) in [6.45, 7) is 9.46. The number of carbonyl (C=O) groups excluding carboxylic acids is 1. The molecule has 0 aromatic carbocycles. The SMILES string of the molecule is C=CCCCC(C)C(=O)N1C(CC2CCC2)C(=C(C)C)CS1(=O)=O. The molecule has 4 nitrogen and oxygen atoms in total. The fourth-order valence-electron chi connectivity index (χ4n) is 3.66. The molecule has 5 heteroatoms. The Hall–Kier alpha value is -1.10. The first kappa shape index (κ1) is 19.2. The molecule has 24 heavy (non-hydrogen) atoms. The smallest absolute Gasteiger partial charge is 0.241 e. The molecule has 2 rings (SSSR count). The normalized spacial score (nSPS) is 24.5. The van der Waals surface area contributed by atoms with E-state index in [-0.39, 0.29) is 23.6 Å². The number of carbonyl (C=O) groups is 1. The zero-order chi connectivity index (χ0) is 17.9. The Morgan fingerprint density at radius 3 is 2.54 bits per heavy atom. The minimum absolute atomic E-state index is 0.0117. The van der Waals surface area contributed by atoms with Gasteiger partial charge in [-0.1, -0.05) is 37.8 Å². The lowest BCUT2D eigenvalue weighted by molar-refractivity contribution is -0.131. The fraction of sp³-hybridized carbons (Fsp3) is 0.737. The van der Waals surface area contributed by atoms with Crippen molar-refractivity contribution in [2.45, 2.75) is 71.8 Å². The molecule has 0 bridgehead atoms. The molecular weight excluding hydrogens is 322 g/mol. The Morgan fingerprint density at radius 1 is 1.38 bits per heavy atom. The number of unbranched alkanes of at least 4 members (excludes halogenated alkanes) is 1. The molecule has 2 unspecified atom stereocenters. The average molecular weight is 354 g/mol. The van der Waals surface area contributed by atoms with Crippen LogP contribution in [0.5, 0.6) is 0 Å². The third-order valence-electron chi connectivity index (χ3n) is 5.43. The summed E-state index contributed by atoms with van der Waals surface area (Å²) in [6, 6.07) is -0.250. The molecule has 1 aliphatic heterocycles. The van der Waals surface area contributed by atoms with Crippen LogP contribution in [-0.2, 0) is 14.8 Å². The van der Waals surface area contributed by atoms with Gasteiger partial charge in [-0.05, 0) is 51.0 Å². The Morgan fingerprint density at radius 2 is 2.04 bits per heavy atom. The van der Waals surface area contributed by atoms with Gasteiger partial charge in [0.05, 0.1) is 11.8 Å². The van der Waals surface area contributed by atoms with Crippen molar-refractivity contribution in [3.05, 3.63) is 23.8 Å². The first-order chi connectivity index (χ1) is 11.3. The molecular formula is C19H31NO3S. The molecule has 0 aromatic rings. The summed E-state index contributed by atoms with van der Waals surface area (Å²) in [5.74, 6) is 0.0847. The van der Waals surface area contributed by atoms with Gasteiger partial charge in [0.15, 0.2) is 0 Å². The molecule has 2 aliphatic rings. The van der Waals surface area contributed by atoms with Crippen LogP contribution in [0.3, 0.4) is 0 Å². The van der Waals surface area contributed by atoms with Crippen LogP contribution in [0.15, 0.2) is 23.8 Å². The minimum atomic E-state index is -3.53. The number of amides is 1. The first-order valence-electron chi connectivity index (χ1n) is 9.11. The third-order valence-corrected chi connectivity index (χ3v) is 7.14. The van der Waals surface area contributed by atoms with Gasteiger partial charge in [0.1, 0.15) is 0 Å². The predicted molar refractivity (Wildman–Crippen MR) is 98.0 cm³/mol. The average Bonchev–Trinajstić information content (AvgIpc) is 2.73. The molecule has 2 atom stereocenters. The lowest BCUT2D eigenvalue weighted by atomic mass is 9.79. The first-order valence-corrected chi connectivity index (χ1v) is 10.7. The molecule has 0 N–H and O–H groups in total. The van der Waals surface area contributed by atoms with E-state index < -0.39 is 10.0 Å². The highest BCUT2D eigenvalue weighted by Gasteiger charge is 2.46. The minimum Gasteiger partial charge on any atom is -0.273 e. The van der Waals surface area contributed by atoms with E-state index >= 15 is 0 Å². The standard InChI is InChI=1S/C19H31NO3S/c1-5-6-7-9-15(4)19(21)20-18(12-16-10-8-11-16)17(14(2)3)13-24(20,22)23/h5,15-16,18H,1,6-13H2,2-4H3. The maximum absolute atomic E-state index is 12.9. The summed E-state index contributed by atoms with van der Waals surface area (Å²) in [4.78, 5) is 12.9. The van der Waals surface area contributed by atoms with Crippen molar-refractivity contribution in [3.63, 3.8) is 0 Å². The van der Waals surface area contributed by atoms with Gasteiger partial charge >= 0.3 is 0 Å². The van der Waals surface area contributed by atoms with Crippen molar-refractivity contribution in [2.24, 2.45) is 11.8 Å². The molecule has 1 heterocycles. The van der Waals surface area contributed by atoms with Crippen molar-refractivity contribution < 1.29 is 13.2 Å². The number of rotatable bonds is 7. The third kappa shape index (κ3) is 4.11. The van der Waals surface area contributed by atoms with Crippen molar-refractivity contribution in [2.75, 3.05) is 5.75 Å². The second-order valence-corrected chi connectivity index (χ2v) is 9.43. The van der Waals surface area contributed by atoms with Gasteiger partial charge in [-0.2, -0.15) is 0 Å². The second-order valence-electron chi connectivity index (χ2n) is 7.58. The number of nitrogens with zero attached hydrogens (tertiary/aromatic N) is 1. The summed E-state index contributed by atoms with van der Waals surface area (Å²) < 4.78 is 26.7. The van der Waals surface area contributed by atoms with E-state index in [0.29, 0.717) is 12.3 Å². The molecule has 0 aromatic heterocycles. The zero-order valence-corrected chi connectivity index (χ0v) is 16.1. The highest BCUT2D eigenvalue weighted by Crippen LogP contribution is 2.39. The van der Waals surface area contributed by atoms with E-state index in [1.54, 1.807) is 0 Å². The fourth-order valence-corrected chi connectivity index (χ4v) is 5.73. The van der Waals surface area contributed by atoms with Crippen molar-refractivity contribution in [3.8, 4) is 0 Å². The van der Waals surface area contributed by atoms with Crippen LogP contribution in [0.2, 0.25) is 0 Å². The Labute approximate surface area is 147 Å². The molecule has 0 radical (unpaired) electrons. The monoisotopic (exact) mass is 353 g/mol. The van der Waals surface area contributed by atoms with E-state index in [1.807, 2.05) is 26.8 Å². The molecule has 1 saturated heterocycles. The highest BCUT2D eigenvalue weighted by atomic mass is 32.2. The van der Waals surface area contributed by atoms with Crippen LogP contribution in [0.25, 0.3) is 0 Å². The van der Waals surface area contributed by atoms with Gasteiger partial charge in [0, 0.05) is 5.92 Å². The van der Waals surface area contributed by atoms with Gasteiger partial charge in [0.2, 0.25) is 15.9 Å². The van der Waals surface area contributed by atoms with Gasteiger partial charge in [-0.15, -0.1) is 6.58 Å². The van der Waals surface area contributed by atoms with Crippen LogP contribution in [0.4, 0.5) is 0 Å². The van der Waals surface area contributed by atoms with Gasteiger partial charge in [-0.3, -0.25) is 4.79 Å². The highest BCUT2D eigenvalue weighted by molar-refractivity contribution is 7.90. The summed E-state index contributed by atoms with van der Waals surface area (Å²) in [5.41, 5.74) is 1.98. The van der Waals surface area contributed by atoms with Crippen LogP contribution in [0.1, 0.15) is 65.7 Å². The Balaban J connectivity index is 2.23. The Bertz CT molecular complexity index is 613. The van der Waals surface area contributed by atoms with Gasteiger partial charge in [0.25, 0.3) is 0 Å². The van der Waals surface area contributed by atoms with Gasteiger partial charge in [-0.25, -0.2) is 12.7 Å². The predicted octanol–water partition coefficient (Wildman–Crippen LogP) is 4.05. The van der Waals surface area contributed by atoms with Crippen LogP contribution in [-0.4, -0.2) is 30.4 Å². The molecule has 136 valence electrons. The Kier molecular flexibility index (Phi) is 6.29. The zero-order valence-electron chi connectivity index (χ0n) is 15.3. The van der Waals surface area contributed by atoms with E-state index in [9.17, 15) is 13.2 Å². The largest absolute Gasteiger partial charge is 0.273 e. The number of sulfonamides is 1. The lowest BCUT2D eigenvalue weighted by Gasteiger charge is -2.33. The molecule has 1 aliphatic carbocycles.